The predicted octanol–water partition coefficient (Wildman–Crippen LogP) is 1.94. The third-order valence-electron chi connectivity index (χ3n) is 1.34. The van der Waals surface area contributed by atoms with Crippen molar-refractivity contribution in [2.45, 2.75) is 6.92 Å². The molecule has 0 spiro atoms. The normalized spacial score (nSPS) is 12.2. The molecule has 1 heterocycles. The van der Waals surface area contributed by atoms with Crippen molar-refractivity contribution in [3.8, 4) is 0 Å². The smallest absolute Gasteiger partial charge is 0.0690 e. The molecule has 1 rings (SSSR count). The van der Waals surface area contributed by atoms with E-state index in [0.29, 0.717) is 0 Å². The predicted molar refractivity (Wildman–Crippen MR) is 48.2 cm³/mol. The van der Waals surface area contributed by atoms with E-state index in [1.54, 1.807) is 12.4 Å². The number of rotatable bonds is 2. The van der Waals surface area contributed by atoms with E-state index >= 15 is 0 Å². The molecule has 62 valence electrons. The van der Waals surface area contributed by atoms with Crippen molar-refractivity contribution in [2.75, 3.05) is 0 Å². The van der Waals surface area contributed by atoms with Crippen LogP contribution in [0.25, 0.3) is 6.08 Å². The summed E-state index contributed by atoms with van der Waals surface area (Å²) < 4.78 is 0. The fourth-order valence-corrected chi connectivity index (χ4v) is 0.853. The largest absolute Gasteiger partial charge is 0.411 e. The molecule has 3 heteroatoms. The Bertz CT molecular complexity index is 291. The fourth-order valence-electron chi connectivity index (χ4n) is 0.853. The highest BCUT2D eigenvalue weighted by atomic mass is 16.4. The molecular formula is C9H10N2O. The molecule has 0 aromatic carbocycles. The van der Waals surface area contributed by atoms with Gasteiger partial charge in [0.05, 0.1) is 6.21 Å². The van der Waals surface area contributed by atoms with E-state index in [1.807, 2.05) is 25.1 Å². The van der Waals surface area contributed by atoms with Gasteiger partial charge in [0.2, 0.25) is 0 Å². The second-order valence-electron chi connectivity index (χ2n) is 2.42. The van der Waals surface area contributed by atoms with E-state index in [4.69, 9.17) is 5.21 Å². The molecule has 0 radical (unpaired) electrons. The number of hydrogen-bond donors (Lipinski definition) is 1. The molecule has 1 aromatic rings. The topological polar surface area (TPSA) is 45.5 Å². The van der Waals surface area contributed by atoms with Crippen LogP contribution < -0.4 is 0 Å². The van der Waals surface area contributed by atoms with Gasteiger partial charge in [-0.25, -0.2) is 0 Å². The van der Waals surface area contributed by atoms with Crippen molar-refractivity contribution < 1.29 is 5.21 Å². The molecule has 1 aromatic heterocycles. The minimum atomic E-state index is 0.880. The number of aromatic nitrogens is 1. The molecule has 0 aliphatic heterocycles. The summed E-state index contributed by atoms with van der Waals surface area (Å²) in [4.78, 5) is 3.95. The second-order valence-corrected chi connectivity index (χ2v) is 2.42. The summed E-state index contributed by atoms with van der Waals surface area (Å²) in [5.41, 5.74) is 1.88. The Balaban J connectivity index is 2.81. The van der Waals surface area contributed by atoms with E-state index in [1.165, 1.54) is 6.21 Å². The zero-order valence-electron chi connectivity index (χ0n) is 6.81. The van der Waals surface area contributed by atoms with Gasteiger partial charge < -0.3 is 5.21 Å². The Morgan fingerprint density at radius 2 is 2.50 bits per heavy atom. The van der Waals surface area contributed by atoms with Gasteiger partial charge in [0.15, 0.2) is 0 Å². The van der Waals surface area contributed by atoms with Crippen LogP contribution in [-0.2, 0) is 0 Å². The van der Waals surface area contributed by atoms with E-state index in [9.17, 15) is 0 Å². The minimum absolute atomic E-state index is 0.880. The molecule has 0 unspecified atom stereocenters. The highest BCUT2D eigenvalue weighted by Gasteiger charge is 1.86. The first-order chi connectivity index (χ1) is 5.83. The monoisotopic (exact) mass is 162 g/mol. The summed E-state index contributed by atoms with van der Waals surface area (Å²) in [6, 6.07) is 3.79. The molecule has 12 heavy (non-hydrogen) atoms. The lowest BCUT2D eigenvalue weighted by molar-refractivity contribution is 0.321. The van der Waals surface area contributed by atoms with E-state index in [0.717, 1.165) is 11.1 Å². The van der Waals surface area contributed by atoms with Crippen LogP contribution in [0, 0.1) is 0 Å². The van der Waals surface area contributed by atoms with E-state index in [2.05, 4.69) is 10.1 Å². The van der Waals surface area contributed by atoms with Crippen LogP contribution in [0.2, 0.25) is 0 Å². The van der Waals surface area contributed by atoms with Crippen molar-refractivity contribution in [1.29, 1.82) is 0 Å². The quantitative estimate of drug-likeness (QED) is 0.410. The number of pyridine rings is 1. The molecule has 0 amide bonds. The number of hydrogen-bond acceptors (Lipinski definition) is 3. The van der Waals surface area contributed by atoms with Crippen LogP contribution in [-0.4, -0.2) is 16.4 Å². The first-order valence-corrected chi connectivity index (χ1v) is 3.58. The lowest BCUT2D eigenvalue weighted by atomic mass is 10.2. The third kappa shape index (κ3) is 2.54. The maximum Gasteiger partial charge on any atom is 0.0690 e. The molecule has 0 aliphatic carbocycles. The highest BCUT2D eigenvalue weighted by molar-refractivity contribution is 5.84. The molecule has 3 nitrogen and oxygen atoms in total. The standard InChI is InChI=1S/C9H10N2O/c1-8(6-11-12)5-9-3-2-4-10-7-9/h2-7,12H,1H3/b8-5+,11-6+. The lowest BCUT2D eigenvalue weighted by Gasteiger charge is -1.91. The Labute approximate surface area is 71.1 Å². The van der Waals surface area contributed by atoms with Gasteiger partial charge in [-0.3, -0.25) is 4.98 Å². The van der Waals surface area contributed by atoms with Gasteiger partial charge in [-0.2, -0.15) is 0 Å². The van der Waals surface area contributed by atoms with E-state index < -0.39 is 0 Å². The van der Waals surface area contributed by atoms with Crippen LogP contribution in [0.15, 0.2) is 35.3 Å². The van der Waals surface area contributed by atoms with Crippen LogP contribution in [0.5, 0.6) is 0 Å². The Kier molecular flexibility index (Phi) is 3.02. The summed E-state index contributed by atoms with van der Waals surface area (Å²) in [5.74, 6) is 0. The highest BCUT2D eigenvalue weighted by Crippen LogP contribution is 2.02. The molecule has 0 saturated heterocycles. The molecule has 0 saturated carbocycles. The van der Waals surface area contributed by atoms with Crippen LogP contribution in [0.1, 0.15) is 12.5 Å². The Hall–Kier alpha value is -1.64. The maximum absolute atomic E-state index is 8.23. The first-order valence-electron chi connectivity index (χ1n) is 3.58. The fraction of sp³-hybridized carbons (Fsp3) is 0.111. The summed E-state index contributed by atoms with van der Waals surface area (Å²) in [6.45, 7) is 1.85. The lowest BCUT2D eigenvalue weighted by Crippen LogP contribution is -1.79. The Morgan fingerprint density at radius 1 is 1.67 bits per heavy atom. The van der Waals surface area contributed by atoms with Crippen LogP contribution in [0.3, 0.4) is 0 Å². The van der Waals surface area contributed by atoms with E-state index in [-0.39, 0.29) is 0 Å². The molecule has 0 aliphatic rings. The van der Waals surface area contributed by atoms with Gasteiger partial charge in [0, 0.05) is 12.4 Å². The average Bonchev–Trinajstić information content (AvgIpc) is 2.06. The van der Waals surface area contributed by atoms with Crippen LogP contribution >= 0.6 is 0 Å². The second kappa shape index (κ2) is 4.28. The summed E-state index contributed by atoms with van der Waals surface area (Å²) in [7, 11) is 0. The molecule has 1 N–H and O–H groups in total. The molecule has 0 atom stereocenters. The summed E-state index contributed by atoms with van der Waals surface area (Å²) in [5, 5.41) is 11.1. The van der Waals surface area contributed by atoms with Gasteiger partial charge >= 0.3 is 0 Å². The van der Waals surface area contributed by atoms with Gasteiger partial charge in [-0.15, -0.1) is 0 Å². The summed E-state index contributed by atoms with van der Waals surface area (Å²) >= 11 is 0. The first kappa shape index (κ1) is 8.46. The molecular weight excluding hydrogens is 152 g/mol. The van der Waals surface area contributed by atoms with Crippen molar-refractivity contribution in [3.63, 3.8) is 0 Å². The van der Waals surface area contributed by atoms with Crippen molar-refractivity contribution in [2.24, 2.45) is 5.16 Å². The van der Waals surface area contributed by atoms with Crippen LogP contribution in [0.4, 0.5) is 0 Å². The van der Waals surface area contributed by atoms with Gasteiger partial charge in [0.25, 0.3) is 0 Å². The Morgan fingerprint density at radius 3 is 3.08 bits per heavy atom. The minimum Gasteiger partial charge on any atom is -0.411 e. The number of nitrogens with zero attached hydrogens (tertiary/aromatic N) is 2. The SMILES string of the molecule is CC(/C=N/O)=C\c1cccnc1. The number of allylic oxidation sites excluding steroid dienone is 1. The number of oxime groups is 1. The average molecular weight is 162 g/mol. The molecule has 0 bridgehead atoms. The zero-order chi connectivity index (χ0) is 8.81. The zero-order valence-corrected chi connectivity index (χ0v) is 6.81. The van der Waals surface area contributed by atoms with Gasteiger partial charge in [-0.1, -0.05) is 11.2 Å². The molecule has 0 fully saturated rings. The third-order valence-corrected chi connectivity index (χ3v) is 1.34. The van der Waals surface area contributed by atoms with Crippen molar-refractivity contribution >= 4 is 12.3 Å². The maximum atomic E-state index is 8.23. The van der Waals surface area contributed by atoms with Gasteiger partial charge in [-0.05, 0) is 30.2 Å². The van der Waals surface area contributed by atoms with Crippen molar-refractivity contribution in [1.82, 2.24) is 4.98 Å². The van der Waals surface area contributed by atoms with Gasteiger partial charge in [0.1, 0.15) is 0 Å². The summed E-state index contributed by atoms with van der Waals surface area (Å²) in [6.07, 6.45) is 6.72. The van der Waals surface area contributed by atoms with Crippen molar-refractivity contribution in [3.05, 3.63) is 35.7 Å².